The molecule has 32 heavy (non-hydrogen) atoms. The third-order valence-corrected chi connectivity index (χ3v) is 6.20. The number of ether oxygens (including phenoxy) is 1. The summed E-state index contributed by atoms with van der Waals surface area (Å²) >= 11 is 18.8. The molecule has 5 nitrogen and oxygen atoms in total. The van der Waals surface area contributed by atoms with Crippen LogP contribution in [0, 0.1) is 5.82 Å². The molecule has 162 valence electrons. The van der Waals surface area contributed by atoms with Gasteiger partial charge in [-0.05, 0) is 53.5 Å². The smallest absolute Gasteiger partial charge is 0.230 e. The molecule has 0 aliphatic heterocycles. The van der Waals surface area contributed by atoms with Crippen LogP contribution in [0.25, 0.3) is 10.2 Å². The van der Waals surface area contributed by atoms with Crippen molar-refractivity contribution in [3.63, 3.8) is 0 Å². The molecule has 4 rings (SSSR count). The van der Waals surface area contributed by atoms with Gasteiger partial charge in [0.1, 0.15) is 5.75 Å². The Hall–Kier alpha value is -2.78. The van der Waals surface area contributed by atoms with Gasteiger partial charge in [-0.15, -0.1) is 11.3 Å². The van der Waals surface area contributed by atoms with Crippen molar-refractivity contribution in [3.8, 4) is 11.5 Å². The monoisotopic (exact) mass is 505 g/mol. The number of amides is 1. The van der Waals surface area contributed by atoms with Crippen LogP contribution in [0.4, 0.5) is 10.1 Å². The zero-order valence-electron chi connectivity index (χ0n) is 16.2. The number of hydrogen-bond donors (Lipinski definition) is 2. The van der Waals surface area contributed by atoms with Gasteiger partial charge in [0.2, 0.25) is 5.91 Å². The molecule has 0 saturated heterocycles. The largest absolute Gasteiger partial charge is 0.453 e. The summed E-state index contributed by atoms with van der Waals surface area (Å²) in [7, 11) is 0. The normalized spacial score (nSPS) is 10.7. The second-order valence-corrected chi connectivity index (χ2v) is 8.71. The lowest BCUT2D eigenvalue weighted by Crippen LogP contribution is -2.35. The van der Waals surface area contributed by atoms with Gasteiger partial charge >= 0.3 is 0 Å². The number of thiophene rings is 1. The standard InChI is InChI=1S/C22H14Cl2FN3O2S2/c23-14-2-1-3-15(24)13(14)11-20(29)28-22(31)27-12-4-5-18(16(25)10-12)30-19-6-8-26-17-7-9-32-21(17)19/h1-10H,11H2,(H2,27,28,29,31). The van der Waals surface area contributed by atoms with Gasteiger partial charge in [-0.3, -0.25) is 9.78 Å². The molecule has 0 atom stereocenters. The van der Waals surface area contributed by atoms with E-state index in [1.165, 1.54) is 23.5 Å². The Balaban J connectivity index is 1.39. The van der Waals surface area contributed by atoms with Crippen LogP contribution in [0.1, 0.15) is 5.56 Å². The number of hydrogen-bond acceptors (Lipinski definition) is 5. The minimum atomic E-state index is -0.589. The van der Waals surface area contributed by atoms with Gasteiger partial charge in [-0.1, -0.05) is 29.3 Å². The van der Waals surface area contributed by atoms with E-state index in [9.17, 15) is 9.18 Å². The maximum absolute atomic E-state index is 14.6. The quantitative estimate of drug-likeness (QED) is 0.299. The van der Waals surface area contributed by atoms with Crippen molar-refractivity contribution >= 4 is 73.7 Å². The van der Waals surface area contributed by atoms with Gasteiger partial charge < -0.3 is 15.4 Å². The molecule has 2 N–H and O–H groups in total. The topological polar surface area (TPSA) is 63.2 Å². The van der Waals surface area contributed by atoms with E-state index >= 15 is 0 Å². The highest BCUT2D eigenvalue weighted by Crippen LogP contribution is 2.34. The van der Waals surface area contributed by atoms with E-state index in [2.05, 4.69) is 15.6 Å². The van der Waals surface area contributed by atoms with E-state index in [0.717, 1.165) is 10.2 Å². The molecule has 4 aromatic rings. The highest BCUT2D eigenvalue weighted by Gasteiger charge is 2.14. The van der Waals surface area contributed by atoms with Crippen LogP contribution in [0.3, 0.4) is 0 Å². The molecule has 0 spiro atoms. The van der Waals surface area contributed by atoms with Crippen molar-refractivity contribution in [1.29, 1.82) is 0 Å². The van der Waals surface area contributed by atoms with Crippen LogP contribution < -0.4 is 15.4 Å². The van der Waals surface area contributed by atoms with Crippen molar-refractivity contribution < 1.29 is 13.9 Å². The molecule has 10 heteroatoms. The van der Waals surface area contributed by atoms with Gasteiger partial charge in [0.25, 0.3) is 0 Å². The van der Waals surface area contributed by atoms with E-state index in [1.54, 1.807) is 36.5 Å². The number of carbonyl (C=O) groups is 1. The third-order valence-electron chi connectivity index (χ3n) is 4.37. The number of benzene rings is 2. The van der Waals surface area contributed by atoms with Crippen LogP contribution in [0.5, 0.6) is 11.5 Å². The first-order chi connectivity index (χ1) is 15.4. The van der Waals surface area contributed by atoms with Gasteiger partial charge in [-0.2, -0.15) is 0 Å². The highest BCUT2D eigenvalue weighted by molar-refractivity contribution is 7.80. The molecule has 0 aliphatic carbocycles. The van der Waals surface area contributed by atoms with Gasteiger partial charge in [-0.25, -0.2) is 4.39 Å². The first-order valence-electron chi connectivity index (χ1n) is 9.24. The molecule has 0 aliphatic rings. The molecular weight excluding hydrogens is 492 g/mol. The van der Waals surface area contributed by atoms with Gasteiger partial charge in [0, 0.05) is 34.1 Å². The molecule has 0 radical (unpaired) electrons. The SMILES string of the molecule is O=C(Cc1c(Cl)cccc1Cl)NC(=S)Nc1ccc(Oc2ccnc3ccsc23)c(F)c1. The third kappa shape index (κ3) is 5.16. The second kappa shape index (κ2) is 9.79. The summed E-state index contributed by atoms with van der Waals surface area (Å²) in [6.45, 7) is 0. The van der Waals surface area contributed by atoms with Gasteiger partial charge in [0.15, 0.2) is 16.7 Å². The van der Waals surface area contributed by atoms with Crippen LogP contribution in [0.2, 0.25) is 10.0 Å². The number of nitrogens with zero attached hydrogens (tertiary/aromatic N) is 1. The fraction of sp³-hybridized carbons (Fsp3) is 0.0455. The summed E-state index contributed by atoms with van der Waals surface area (Å²) in [6.07, 6.45) is 1.56. The Morgan fingerprint density at radius 3 is 2.66 bits per heavy atom. The zero-order valence-corrected chi connectivity index (χ0v) is 19.3. The summed E-state index contributed by atoms with van der Waals surface area (Å²) in [5, 5.41) is 7.98. The van der Waals surface area contributed by atoms with E-state index in [-0.39, 0.29) is 17.3 Å². The zero-order chi connectivity index (χ0) is 22.7. The minimum absolute atomic E-state index is 0.0145. The number of fused-ring (bicyclic) bond motifs is 1. The van der Waals surface area contributed by atoms with Crippen molar-refractivity contribution in [2.24, 2.45) is 0 Å². The average molecular weight is 506 g/mol. The first kappa shape index (κ1) is 22.4. The average Bonchev–Trinajstić information content (AvgIpc) is 3.22. The molecule has 0 bridgehead atoms. The lowest BCUT2D eigenvalue weighted by Gasteiger charge is -2.12. The summed E-state index contributed by atoms with van der Waals surface area (Å²) in [4.78, 5) is 16.5. The van der Waals surface area contributed by atoms with Crippen molar-refractivity contribution in [2.75, 3.05) is 5.32 Å². The minimum Gasteiger partial charge on any atom is -0.453 e. The lowest BCUT2D eigenvalue weighted by atomic mass is 10.1. The molecule has 0 fully saturated rings. The Labute approximate surface area is 202 Å². The Morgan fingerprint density at radius 2 is 1.91 bits per heavy atom. The highest BCUT2D eigenvalue weighted by atomic mass is 35.5. The lowest BCUT2D eigenvalue weighted by molar-refractivity contribution is -0.119. The molecule has 1 amide bonds. The van der Waals surface area contributed by atoms with Crippen LogP contribution in [-0.2, 0) is 11.2 Å². The first-order valence-corrected chi connectivity index (χ1v) is 11.3. The van der Waals surface area contributed by atoms with E-state index in [1.807, 2.05) is 11.4 Å². The number of halogens is 3. The van der Waals surface area contributed by atoms with Crippen molar-refractivity contribution in [1.82, 2.24) is 10.3 Å². The molecule has 2 heterocycles. The Morgan fingerprint density at radius 1 is 1.12 bits per heavy atom. The molecule has 2 aromatic heterocycles. The number of anilines is 1. The molecule has 2 aromatic carbocycles. The summed E-state index contributed by atoms with van der Waals surface area (Å²) < 4.78 is 21.2. The number of aromatic nitrogens is 1. The maximum atomic E-state index is 14.6. The number of nitrogens with one attached hydrogen (secondary N) is 2. The van der Waals surface area contributed by atoms with Crippen molar-refractivity contribution in [3.05, 3.63) is 81.5 Å². The van der Waals surface area contributed by atoms with Crippen molar-refractivity contribution in [2.45, 2.75) is 6.42 Å². The van der Waals surface area contributed by atoms with Crippen LogP contribution >= 0.6 is 46.8 Å². The van der Waals surface area contributed by atoms with Crippen LogP contribution in [0.15, 0.2) is 60.1 Å². The fourth-order valence-corrected chi connectivity index (χ4v) is 4.47. The Bertz CT molecular complexity index is 1310. The summed E-state index contributed by atoms with van der Waals surface area (Å²) in [5.41, 5.74) is 1.64. The number of carbonyl (C=O) groups excluding carboxylic acids is 1. The molecular formula is C22H14Cl2FN3O2S2. The van der Waals surface area contributed by atoms with E-state index in [0.29, 0.717) is 27.0 Å². The molecule has 0 saturated carbocycles. The summed E-state index contributed by atoms with van der Waals surface area (Å²) in [6, 6.07) is 12.8. The Kier molecular flexibility index (Phi) is 6.86. The maximum Gasteiger partial charge on any atom is 0.230 e. The number of thiocarbonyl (C=S) groups is 1. The predicted molar refractivity (Wildman–Crippen MR) is 131 cm³/mol. The van der Waals surface area contributed by atoms with E-state index < -0.39 is 11.7 Å². The van der Waals surface area contributed by atoms with E-state index in [4.69, 9.17) is 40.2 Å². The van der Waals surface area contributed by atoms with Gasteiger partial charge in [0.05, 0.1) is 16.6 Å². The number of pyridine rings is 1. The number of rotatable bonds is 5. The molecule has 0 unspecified atom stereocenters. The van der Waals surface area contributed by atoms with Crippen LogP contribution in [-0.4, -0.2) is 16.0 Å². The second-order valence-electron chi connectivity index (χ2n) is 6.57. The fourth-order valence-electron chi connectivity index (χ4n) is 2.90. The summed E-state index contributed by atoms with van der Waals surface area (Å²) in [5.74, 6) is -0.422. The predicted octanol–water partition coefficient (Wildman–Crippen LogP) is 6.59.